The van der Waals surface area contributed by atoms with Crippen LogP contribution in [0.3, 0.4) is 0 Å². The highest BCUT2D eigenvalue weighted by Crippen LogP contribution is 2.26. The predicted molar refractivity (Wildman–Crippen MR) is 112 cm³/mol. The van der Waals surface area contributed by atoms with Gasteiger partial charge in [-0.1, -0.05) is 40.5 Å². The highest BCUT2D eigenvalue weighted by Gasteiger charge is 2.22. The van der Waals surface area contributed by atoms with Crippen molar-refractivity contribution in [1.82, 2.24) is 10.2 Å². The molecule has 27 heavy (non-hydrogen) atoms. The molecule has 1 N–H and O–H groups in total. The lowest BCUT2D eigenvalue weighted by atomic mass is 10.1. The van der Waals surface area contributed by atoms with Gasteiger partial charge in [0.1, 0.15) is 18.2 Å². The molecular weight excluding hydrogens is 431 g/mol. The first-order chi connectivity index (χ1) is 13.1. The van der Waals surface area contributed by atoms with Gasteiger partial charge >= 0.3 is 0 Å². The molecule has 0 aliphatic carbocycles. The fourth-order valence-corrected chi connectivity index (χ4v) is 4.19. The number of likely N-dealkylation sites (tertiary alicyclic amines) is 1. The van der Waals surface area contributed by atoms with Crippen LogP contribution in [0.25, 0.3) is 0 Å². The molecule has 6 heteroatoms. The molecule has 1 aliphatic rings. The second-order valence-electron chi connectivity index (χ2n) is 6.80. The molecule has 146 valence electrons. The van der Waals surface area contributed by atoms with Gasteiger partial charge in [0.25, 0.3) is 0 Å². The highest BCUT2D eigenvalue weighted by molar-refractivity contribution is 9.10. The molecule has 0 spiro atoms. The third kappa shape index (κ3) is 5.44. The molecule has 2 aromatic rings. The van der Waals surface area contributed by atoms with Crippen LogP contribution in [0.5, 0.6) is 5.75 Å². The third-order valence-electron chi connectivity index (χ3n) is 5.06. The zero-order chi connectivity index (χ0) is 19.2. The van der Waals surface area contributed by atoms with Crippen LogP contribution < -0.4 is 10.1 Å². The van der Waals surface area contributed by atoms with Crippen molar-refractivity contribution in [3.05, 3.63) is 62.8 Å². The number of hydrogen-bond acceptors (Lipinski definition) is 3. The van der Waals surface area contributed by atoms with E-state index in [0.29, 0.717) is 23.2 Å². The average Bonchev–Trinajstić information content (AvgIpc) is 3.10. The molecule has 1 fully saturated rings. The topological polar surface area (TPSA) is 24.5 Å². The summed E-state index contributed by atoms with van der Waals surface area (Å²) >= 11 is 9.62. The lowest BCUT2D eigenvalue weighted by molar-refractivity contribution is 0.258. The Bertz CT molecular complexity index is 754. The van der Waals surface area contributed by atoms with Crippen LogP contribution in [-0.4, -0.2) is 30.6 Å². The number of rotatable bonds is 8. The van der Waals surface area contributed by atoms with Gasteiger partial charge in [-0.25, -0.2) is 4.39 Å². The Morgan fingerprint density at radius 2 is 2.19 bits per heavy atom. The van der Waals surface area contributed by atoms with E-state index in [1.54, 1.807) is 12.1 Å². The van der Waals surface area contributed by atoms with Crippen molar-refractivity contribution in [2.24, 2.45) is 0 Å². The van der Waals surface area contributed by atoms with Gasteiger partial charge in [-0.05, 0) is 56.3 Å². The molecule has 0 bridgehead atoms. The van der Waals surface area contributed by atoms with Gasteiger partial charge in [0, 0.05) is 34.7 Å². The monoisotopic (exact) mass is 454 g/mol. The summed E-state index contributed by atoms with van der Waals surface area (Å²) in [5.41, 5.74) is 1.42. The zero-order valence-electron chi connectivity index (χ0n) is 15.5. The van der Waals surface area contributed by atoms with Crippen molar-refractivity contribution in [3.63, 3.8) is 0 Å². The van der Waals surface area contributed by atoms with Gasteiger partial charge in [-0.2, -0.15) is 0 Å². The van der Waals surface area contributed by atoms with Gasteiger partial charge in [0.05, 0.1) is 5.02 Å². The molecular formula is C21H25BrClFN2O. The minimum atomic E-state index is -0.347. The molecule has 2 aromatic carbocycles. The summed E-state index contributed by atoms with van der Waals surface area (Å²) in [5, 5.41) is 3.94. The van der Waals surface area contributed by atoms with Crippen LogP contribution in [0.4, 0.5) is 4.39 Å². The van der Waals surface area contributed by atoms with E-state index in [-0.39, 0.29) is 12.4 Å². The van der Waals surface area contributed by atoms with Crippen LogP contribution in [0.2, 0.25) is 5.02 Å². The van der Waals surface area contributed by atoms with E-state index in [1.165, 1.54) is 25.5 Å². The second kappa shape index (κ2) is 9.87. The van der Waals surface area contributed by atoms with Crippen molar-refractivity contribution < 1.29 is 9.13 Å². The maximum absolute atomic E-state index is 14.0. The Kier molecular flexibility index (Phi) is 7.53. The largest absolute Gasteiger partial charge is 0.488 e. The van der Waals surface area contributed by atoms with E-state index in [2.05, 4.69) is 33.1 Å². The van der Waals surface area contributed by atoms with E-state index >= 15 is 0 Å². The van der Waals surface area contributed by atoms with E-state index in [4.69, 9.17) is 16.3 Å². The van der Waals surface area contributed by atoms with Crippen LogP contribution in [-0.2, 0) is 13.2 Å². The molecule has 1 saturated heterocycles. The Balaban J connectivity index is 1.62. The van der Waals surface area contributed by atoms with Crippen LogP contribution >= 0.6 is 27.5 Å². The van der Waals surface area contributed by atoms with E-state index < -0.39 is 0 Å². The summed E-state index contributed by atoms with van der Waals surface area (Å²) < 4.78 is 20.9. The standard InChI is InChI=1S/C21H25BrClFN2O/c1-2-26-10-4-5-17(26)13-25-12-15-11-16(22)8-9-21(15)27-14-18-19(23)6-3-7-20(18)24/h3,6-9,11,17,25H,2,4-5,10,12-14H2,1H3/t17-/m1/s1. The molecule has 1 aliphatic heterocycles. The number of ether oxygens (including phenoxy) is 1. The van der Waals surface area contributed by atoms with E-state index in [9.17, 15) is 4.39 Å². The highest BCUT2D eigenvalue weighted by atomic mass is 79.9. The number of benzene rings is 2. The van der Waals surface area contributed by atoms with Crippen LogP contribution in [0.1, 0.15) is 30.9 Å². The van der Waals surface area contributed by atoms with Gasteiger partial charge in [-0.15, -0.1) is 0 Å². The molecule has 3 rings (SSSR count). The molecule has 1 heterocycles. The first-order valence-corrected chi connectivity index (χ1v) is 10.5. The Morgan fingerprint density at radius 3 is 2.96 bits per heavy atom. The molecule has 3 nitrogen and oxygen atoms in total. The van der Waals surface area contributed by atoms with Crippen molar-refractivity contribution in [3.8, 4) is 5.75 Å². The number of hydrogen-bond donors (Lipinski definition) is 1. The first kappa shape index (κ1) is 20.6. The molecule has 0 saturated carbocycles. The average molecular weight is 456 g/mol. The Morgan fingerprint density at radius 1 is 1.33 bits per heavy atom. The predicted octanol–water partition coefficient (Wildman–Crippen LogP) is 5.39. The van der Waals surface area contributed by atoms with Crippen LogP contribution in [0.15, 0.2) is 40.9 Å². The lowest BCUT2D eigenvalue weighted by Crippen LogP contribution is -2.37. The summed E-state index contributed by atoms with van der Waals surface area (Å²) in [6.07, 6.45) is 2.52. The fourth-order valence-electron chi connectivity index (χ4n) is 3.56. The number of halogens is 3. The summed E-state index contributed by atoms with van der Waals surface area (Å²) in [5.74, 6) is 0.393. The Hall–Kier alpha value is -1.14. The van der Waals surface area contributed by atoms with Crippen molar-refractivity contribution in [2.45, 2.75) is 39.0 Å². The molecule has 0 radical (unpaired) electrons. The minimum Gasteiger partial charge on any atom is -0.488 e. The summed E-state index contributed by atoms with van der Waals surface area (Å²) in [7, 11) is 0. The van der Waals surface area contributed by atoms with Gasteiger partial charge < -0.3 is 10.1 Å². The molecule has 0 amide bonds. The maximum atomic E-state index is 14.0. The molecule has 1 atom stereocenters. The van der Waals surface area contributed by atoms with Crippen molar-refractivity contribution in [1.29, 1.82) is 0 Å². The van der Waals surface area contributed by atoms with Gasteiger partial charge in [0.2, 0.25) is 0 Å². The second-order valence-corrected chi connectivity index (χ2v) is 8.12. The Labute approximate surface area is 174 Å². The summed E-state index contributed by atoms with van der Waals surface area (Å²) in [6, 6.07) is 11.1. The maximum Gasteiger partial charge on any atom is 0.131 e. The van der Waals surface area contributed by atoms with Gasteiger partial charge in [0.15, 0.2) is 0 Å². The first-order valence-electron chi connectivity index (χ1n) is 9.37. The van der Waals surface area contributed by atoms with Crippen LogP contribution in [0, 0.1) is 5.82 Å². The molecule has 0 unspecified atom stereocenters. The minimum absolute atomic E-state index is 0.104. The van der Waals surface area contributed by atoms with Gasteiger partial charge in [-0.3, -0.25) is 4.90 Å². The third-order valence-corrected chi connectivity index (χ3v) is 5.90. The summed E-state index contributed by atoms with van der Waals surface area (Å²) in [6.45, 7) is 6.27. The lowest BCUT2D eigenvalue weighted by Gasteiger charge is -2.23. The van der Waals surface area contributed by atoms with E-state index in [1.807, 2.05) is 18.2 Å². The number of likely N-dealkylation sites (N-methyl/N-ethyl adjacent to an activating group) is 1. The van der Waals surface area contributed by atoms with Crippen molar-refractivity contribution >= 4 is 27.5 Å². The van der Waals surface area contributed by atoms with Crippen molar-refractivity contribution in [2.75, 3.05) is 19.6 Å². The van der Waals surface area contributed by atoms with E-state index in [0.717, 1.165) is 28.9 Å². The quantitative estimate of drug-likeness (QED) is 0.577. The number of nitrogens with one attached hydrogen (secondary N) is 1. The summed E-state index contributed by atoms with van der Waals surface area (Å²) in [4.78, 5) is 2.52. The number of nitrogens with zero attached hydrogens (tertiary/aromatic N) is 1. The normalized spacial score (nSPS) is 17.4. The zero-order valence-corrected chi connectivity index (χ0v) is 17.8. The smallest absolute Gasteiger partial charge is 0.131 e. The molecule has 0 aromatic heterocycles. The fraction of sp³-hybridized carbons (Fsp3) is 0.429. The SMILES string of the molecule is CCN1CCC[C@@H]1CNCc1cc(Br)ccc1OCc1c(F)cccc1Cl.